The fourth-order valence-electron chi connectivity index (χ4n) is 3.58. The maximum absolute atomic E-state index is 12.8. The predicted molar refractivity (Wildman–Crippen MR) is 112 cm³/mol. The van der Waals surface area contributed by atoms with Crippen molar-refractivity contribution in [2.24, 2.45) is 0 Å². The second-order valence-corrected chi connectivity index (χ2v) is 8.39. The Morgan fingerprint density at radius 2 is 1.68 bits per heavy atom. The van der Waals surface area contributed by atoms with Crippen LogP contribution in [-0.2, 0) is 5.41 Å². The van der Waals surface area contributed by atoms with Crippen LogP contribution in [0.4, 0.5) is 5.69 Å². The third-order valence-corrected chi connectivity index (χ3v) is 5.12. The quantitative estimate of drug-likeness (QED) is 0.844. The lowest BCUT2D eigenvalue weighted by Gasteiger charge is -2.23. The zero-order valence-electron chi connectivity index (χ0n) is 17.0. The lowest BCUT2D eigenvalue weighted by molar-refractivity contribution is 0.0761. The van der Waals surface area contributed by atoms with Crippen LogP contribution in [0.25, 0.3) is 0 Å². The lowest BCUT2D eigenvalue weighted by atomic mass is 9.86. The average Bonchev–Trinajstić information content (AvgIpc) is 2.96. The van der Waals surface area contributed by atoms with Crippen molar-refractivity contribution in [1.82, 2.24) is 9.88 Å². The summed E-state index contributed by atoms with van der Waals surface area (Å²) in [6.07, 6.45) is 5.94. The van der Waals surface area contributed by atoms with Gasteiger partial charge in [-0.1, -0.05) is 51.8 Å². The molecule has 2 aromatic rings. The number of nitrogens with one attached hydrogen (secondary N) is 1. The van der Waals surface area contributed by atoms with E-state index in [-0.39, 0.29) is 22.9 Å². The molecule has 2 amide bonds. The van der Waals surface area contributed by atoms with E-state index in [1.807, 2.05) is 29.2 Å². The van der Waals surface area contributed by atoms with Crippen LogP contribution in [0.2, 0.25) is 0 Å². The molecule has 1 aromatic carbocycles. The molecule has 1 N–H and O–H groups in total. The molecule has 148 valence electrons. The number of hydrogen-bond acceptors (Lipinski definition) is 3. The summed E-state index contributed by atoms with van der Waals surface area (Å²) in [6.45, 7) is 7.88. The predicted octanol–water partition coefficient (Wildman–Crippen LogP) is 4.65. The second kappa shape index (κ2) is 8.55. The maximum Gasteiger partial charge on any atom is 0.274 e. The summed E-state index contributed by atoms with van der Waals surface area (Å²) in [7, 11) is 0. The Kier molecular flexibility index (Phi) is 6.12. The Morgan fingerprint density at radius 3 is 2.36 bits per heavy atom. The highest BCUT2D eigenvalue weighted by molar-refractivity contribution is 6.05. The SMILES string of the molecule is CC(C)(C)c1ccccc1NC(=O)c1cc(C(=O)N2CCCCCC2)ccn1. The molecule has 0 aliphatic carbocycles. The molecule has 1 saturated heterocycles. The number of anilines is 1. The van der Waals surface area contributed by atoms with Crippen LogP contribution in [0.3, 0.4) is 0 Å². The summed E-state index contributed by atoms with van der Waals surface area (Å²) in [4.78, 5) is 31.7. The van der Waals surface area contributed by atoms with Gasteiger partial charge in [0.25, 0.3) is 11.8 Å². The lowest BCUT2D eigenvalue weighted by Crippen LogP contribution is -2.32. The zero-order valence-corrected chi connectivity index (χ0v) is 17.0. The molecule has 0 radical (unpaired) electrons. The van der Waals surface area contributed by atoms with Crippen LogP contribution in [0.5, 0.6) is 0 Å². The number of aromatic nitrogens is 1. The molecule has 1 fully saturated rings. The smallest absolute Gasteiger partial charge is 0.274 e. The van der Waals surface area contributed by atoms with E-state index in [2.05, 4.69) is 31.1 Å². The number of carbonyl (C=O) groups excluding carboxylic acids is 2. The van der Waals surface area contributed by atoms with Crippen LogP contribution in [0.1, 0.15) is 72.9 Å². The minimum atomic E-state index is -0.304. The summed E-state index contributed by atoms with van der Waals surface area (Å²) in [5.41, 5.74) is 2.50. The Balaban J connectivity index is 1.79. The maximum atomic E-state index is 12.8. The van der Waals surface area contributed by atoms with E-state index in [1.54, 1.807) is 12.1 Å². The highest BCUT2D eigenvalue weighted by atomic mass is 16.2. The summed E-state index contributed by atoms with van der Waals surface area (Å²) in [6, 6.07) is 11.1. The molecule has 1 aliphatic heterocycles. The van der Waals surface area contributed by atoms with Crippen LogP contribution in [0.15, 0.2) is 42.6 Å². The van der Waals surface area contributed by atoms with Gasteiger partial charge in [-0.05, 0) is 42.0 Å². The van der Waals surface area contributed by atoms with Gasteiger partial charge in [-0.3, -0.25) is 14.6 Å². The number of benzene rings is 1. The van der Waals surface area contributed by atoms with Crippen molar-refractivity contribution in [3.63, 3.8) is 0 Å². The Morgan fingerprint density at radius 1 is 1.00 bits per heavy atom. The summed E-state index contributed by atoms with van der Waals surface area (Å²) < 4.78 is 0. The molecule has 0 unspecified atom stereocenters. The first-order chi connectivity index (χ1) is 13.4. The first-order valence-electron chi connectivity index (χ1n) is 10.0. The Hall–Kier alpha value is -2.69. The molecule has 28 heavy (non-hydrogen) atoms. The van der Waals surface area contributed by atoms with Crippen molar-refractivity contribution < 1.29 is 9.59 Å². The monoisotopic (exact) mass is 379 g/mol. The molecule has 0 atom stereocenters. The number of carbonyl (C=O) groups is 2. The Labute approximate surface area is 167 Å². The third kappa shape index (κ3) is 4.77. The van der Waals surface area contributed by atoms with E-state index >= 15 is 0 Å². The number of nitrogens with zero attached hydrogens (tertiary/aromatic N) is 2. The van der Waals surface area contributed by atoms with E-state index in [0.717, 1.165) is 37.2 Å². The van der Waals surface area contributed by atoms with Crippen molar-refractivity contribution in [3.05, 3.63) is 59.4 Å². The molecule has 5 heteroatoms. The van der Waals surface area contributed by atoms with E-state index < -0.39 is 0 Å². The van der Waals surface area contributed by atoms with Crippen molar-refractivity contribution in [2.45, 2.75) is 51.9 Å². The van der Waals surface area contributed by atoms with Gasteiger partial charge in [0.2, 0.25) is 0 Å². The van der Waals surface area contributed by atoms with Crippen LogP contribution < -0.4 is 5.32 Å². The van der Waals surface area contributed by atoms with Crippen molar-refractivity contribution in [3.8, 4) is 0 Å². The van der Waals surface area contributed by atoms with Crippen LogP contribution >= 0.6 is 0 Å². The van der Waals surface area contributed by atoms with Crippen molar-refractivity contribution >= 4 is 17.5 Å². The molecule has 1 aromatic heterocycles. The molecule has 0 saturated carbocycles. The number of pyridine rings is 1. The van der Waals surface area contributed by atoms with E-state index in [4.69, 9.17) is 0 Å². The number of para-hydroxylation sites is 1. The zero-order chi connectivity index (χ0) is 20.1. The normalized spacial score (nSPS) is 15.0. The molecular formula is C23H29N3O2. The molecule has 1 aliphatic rings. The fourth-order valence-corrected chi connectivity index (χ4v) is 3.58. The second-order valence-electron chi connectivity index (χ2n) is 8.39. The average molecular weight is 380 g/mol. The molecule has 2 heterocycles. The van der Waals surface area contributed by atoms with Crippen LogP contribution in [0, 0.1) is 0 Å². The third-order valence-electron chi connectivity index (χ3n) is 5.12. The summed E-state index contributed by atoms with van der Waals surface area (Å²) in [5.74, 6) is -0.323. The first kappa shape index (κ1) is 20.1. The van der Waals surface area contributed by atoms with Gasteiger partial charge in [0.15, 0.2) is 0 Å². The number of amides is 2. The minimum absolute atomic E-state index is 0.0200. The number of likely N-dealkylation sites (tertiary alicyclic amines) is 1. The largest absolute Gasteiger partial charge is 0.339 e. The molecule has 5 nitrogen and oxygen atoms in total. The summed E-state index contributed by atoms with van der Waals surface area (Å²) in [5, 5.41) is 2.96. The van der Waals surface area contributed by atoms with Crippen molar-refractivity contribution in [2.75, 3.05) is 18.4 Å². The standard InChI is InChI=1S/C23H29N3O2/c1-23(2,3)18-10-6-7-11-19(18)25-21(27)20-16-17(12-13-24-20)22(28)26-14-8-4-5-9-15-26/h6-7,10-13,16H,4-5,8-9,14-15H2,1-3H3,(H,25,27). The van der Waals surface area contributed by atoms with E-state index in [9.17, 15) is 9.59 Å². The van der Waals surface area contributed by atoms with Gasteiger partial charge in [0, 0.05) is 30.5 Å². The molecule has 0 spiro atoms. The number of hydrogen-bond donors (Lipinski definition) is 1. The van der Waals surface area contributed by atoms with Gasteiger partial charge in [-0.2, -0.15) is 0 Å². The van der Waals surface area contributed by atoms with Gasteiger partial charge in [0.1, 0.15) is 5.69 Å². The molecule has 0 bridgehead atoms. The van der Waals surface area contributed by atoms with Gasteiger partial charge >= 0.3 is 0 Å². The van der Waals surface area contributed by atoms with E-state index in [1.165, 1.54) is 19.0 Å². The number of rotatable bonds is 3. The van der Waals surface area contributed by atoms with Gasteiger partial charge in [0.05, 0.1) is 0 Å². The molecular weight excluding hydrogens is 350 g/mol. The van der Waals surface area contributed by atoms with Gasteiger partial charge in [-0.25, -0.2) is 0 Å². The van der Waals surface area contributed by atoms with Gasteiger partial charge < -0.3 is 10.2 Å². The van der Waals surface area contributed by atoms with Crippen molar-refractivity contribution in [1.29, 1.82) is 0 Å². The summed E-state index contributed by atoms with van der Waals surface area (Å²) >= 11 is 0. The van der Waals surface area contributed by atoms with Gasteiger partial charge in [-0.15, -0.1) is 0 Å². The highest BCUT2D eigenvalue weighted by Crippen LogP contribution is 2.29. The fraction of sp³-hybridized carbons (Fsp3) is 0.435. The topological polar surface area (TPSA) is 62.3 Å². The molecule has 3 rings (SSSR count). The first-order valence-corrected chi connectivity index (χ1v) is 10.0. The van der Waals surface area contributed by atoms with E-state index in [0.29, 0.717) is 5.56 Å². The highest BCUT2D eigenvalue weighted by Gasteiger charge is 2.21. The minimum Gasteiger partial charge on any atom is -0.339 e. The van der Waals surface area contributed by atoms with Crippen LogP contribution in [-0.4, -0.2) is 34.8 Å². The Bertz CT molecular complexity index is 847.